The molecule has 0 aliphatic heterocycles. The summed E-state index contributed by atoms with van der Waals surface area (Å²) in [5.74, 6) is 0. The number of nitrogens with zero attached hydrogens (tertiary/aromatic N) is 1. The molecule has 106 valence electrons. The zero-order valence-corrected chi connectivity index (χ0v) is 11.8. The van der Waals surface area contributed by atoms with Gasteiger partial charge in [-0.15, -0.1) is 0 Å². The van der Waals surface area contributed by atoms with Crippen LogP contribution in [0, 0.1) is 17.0 Å². The lowest BCUT2D eigenvalue weighted by Gasteiger charge is -2.13. The summed E-state index contributed by atoms with van der Waals surface area (Å²) < 4.78 is 26.6. The fourth-order valence-corrected chi connectivity index (χ4v) is 2.90. The molecule has 1 aromatic rings. The van der Waals surface area contributed by atoms with Gasteiger partial charge in [-0.25, -0.2) is 13.1 Å². The van der Waals surface area contributed by atoms with E-state index in [-0.39, 0.29) is 28.7 Å². The second-order valence-electron chi connectivity index (χ2n) is 4.20. The first kappa shape index (κ1) is 15.5. The van der Waals surface area contributed by atoms with Gasteiger partial charge in [0.05, 0.1) is 9.82 Å². The van der Waals surface area contributed by atoms with Gasteiger partial charge >= 0.3 is 0 Å². The highest BCUT2D eigenvalue weighted by atomic mass is 32.2. The number of likely N-dealkylation sites (N-methyl/N-ethyl adjacent to an activating group) is 1. The van der Waals surface area contributed by atoms with Crippen molar-refractivity contribution in [1.82, 2.24) is 10.0 Å². The molecule has 0 heterocycles. The van der Waals surface area contributed by atoms with E-state index in [1.54, 1.807) is 7.05 Å². The smallest absolute Gasteiger partial charge is 0.273 e. The van der Waals surface area contributed by atoms with Gasteiger partial charge < -0.3 is 5.32 Å². The van der Waals surface area contributed by atoms with Gasteiger partial charge in [-0.05, 0) is 27.0 Å². The van der Waals surface area contributed by atoms with Crippen molar-refractivity contribution in [2.24, 2.45) is 0 Å². The number of hydrogen-bond acceptors (Lipinski definition) is 5. The van der Waals surface area contributed by atoms with Gasteiger partial charge in [0.2, 0.25) is 10.0 Å². The normalized spacial score (nSPS) is 13.2. The highest BCUT2D eigenvalue weighted by Gasteiger charge is 2.22. The Morgan fingerprint density at radius 3 is 2.58 bits per heavy atom. The summed E-state index contributed by atoms with van der Waals surface area (Å²) in [7, 11) is -2.03. The number of rotatable bonds is 6. The zero-order chi connectivity index (χ0) is 14.6. The van der Waals surface area contributed by atoms with Crippen LogP contribution in [0.2, 0.25) is 0 Å². The van der Waals surface area contributed by atoms with Crippen LogP contribution >= 0.6 is 0 Å². The Labute approximate surface area is 112 Å². The van der Waals surface area contributed by atoms with E-state index in [9.17, 15) is 18.5 Å². The van der Waals surface area contributed by atoms with Crippen LogP contribution in [0.15, 0.2) is 23.1 Å². The molecule has 0 spiro atoms. The number of sulfonamides is 1. The number of hydrogen-bond donors (Lipinski definition) is 2. The molecule has 8 heteroatoms. The molecule has 0 saturated carbocycles. The van der Waals surface area contributed by atoms with Gasteiger partial charge in [-0.1, -0.05) is 6.07 Å². The van der Waals surface area contributed by atoms with Crippen LogP contribution in [0.4, 0.5) is 5.69 Å². The molecule has 1 aromatic carbocycles. The lowest BCUT2D eigenvalue weighted by molar-refractivity contribution is -0.385. The maximum Gasteiger partial charge on any atom is 0.273 e. The molecule has 0 radical (unpaired) electrons. The average molecular weight is 287 g/mol. The molecule has 1 unspecified atom stereocenters. The zero-order valence-electron chi connectivity index (χ0n) is 11.0. The standard InChI is InChI=1S/C11H17N3O4S/c1-8(12-3)7-13-19(17,18)11-6-4-5-10(9(11)2)14(15)16/h4-6,8,12-13H,7H2,1-3H3. The van der Waals surface area contributed by atoms with Crippen molar-refractivity contribution in [1.29, 1.82) is 0 Å². The van der Waals surface area contributed by atoms with E-state index < -0.39 is 14.9 Å². The molecule has 0 aliphatic rings. The highest BCUT2D eigenvalue weighted by molar-refractivity contribution is 7.89. The Balaban J connectivity index is 3.09. The fraction of sp³-hybridized carbons (Fsp3) is 0.455. The monoisotopic (exact) mass is 287 g/mol. The molecule has 0 aliphatic carbocycles. The summed E-state index contributed by atoms with van der Waals surface area (Å²) in [6.07, 6.45) is 0. The van der Waals surface area contributed by atoms with Crippen LogP contribution in [-0.4, -0.2) is 33.0 Å². The van der Waals surface area contributed by atoms with Gasteiger partial charge in [0, 0.05) is 24.2 Å². The minimum Gasteiger partial charge on any atom is -0.316 e. The molecule has 0 aromatic heterocycles. The Bertz CT molecular complexity index is 571. The van der Waals surface area contributed by atoms with E-state index in [0.29, 0.717) is 0 Å². The molecule has 0 fully saturated rings. The van der Waals surface area contributed by atoms with Crippen LogP contribution in [0.3, 0.4) is 0 Å². The Morgan fingerprint density at radius 2 is 2.05 bits per heavy atom. The second-order valence-corrected chi connectivity index (χ2v) is 5.93. The summed E-state index contributed by atoms with van der Waals surface area (Å²) in [6, 6.07) is 3.97. The van der Waals surface area contributed by atoms with Crippen molar-refractivity contribution < 1.29 is 13.3 Å². The topological polar surface area (TPSA) is 101 Å². The largest absolute Gasteiger partial charge is 0.316 e. The van der Waals surface area contributed by atoms with E-state index in [0.717, 1.165) is 0 Å². The SMILES string of the molecule is CNC(C)CNS(=O)(=O)c1cccc([N+](=O)[O-])c1C. The molecule has 2 N–H and O–H groups in total. The van der Waals surface area contributed by atoms with Crippen molar-refractivity contribution in [3.63, 3.8) is 0 Å². The van der Waals surface area contributed by atoms with Crippen molar-refractivity contribution in [3.05, 3.63) is 33.9 Å². The number of nitro benzene ring substituents is 1. The molecule has 19 heavy (non-hydrogen) atoms. The summed E-state index contributed by atoms with van der Waals surface area (Å²) in [6.45, 7) is 3.46. The van der Waals surface area contributed by atoms with Gasteiger partial charge in [0.15, 0.2) is 0 Å². The Kier molecular flexibility index (Phi) is 4.98. The maximum atomic E-state index is 12.1. The van der Waals surface area contributed by atoms with Crippen LogP contribution in [-0.2, 0) is 10.0 Å². The third kappa shape index (κ3) is 3.72. The first-order valence-electron chi connectivity index (χ1n) is 5.70. The third-order valence-electron chi connectivity index (χ3n) is 2.81. The van der Waals surface area contributed by atoms with E-state index >= 15 is 0 Å². The predicted molar refractivity (Wildman–Crippen MR) is 71.5 cm³/mol. The summed E-state index contributed by atoms with van der Waals surface area (Å²) in [5.41, 5.74) is -0.0679. The van der Waals surface area contributed by atoms with Crippen molar-refractivity contribution in [3.8, 4) is 0 Å². The van der Waals surface area contributed by atoms with E-state index in [1.165, 1.54) is 25.1 Å². The summed E-state index contributed by atoms with van der Waals surface area (Å²) in [4.78, 5) is 10.1. The number of nitrogens with one attached hydrogen (secondary N) is 2. The van der Waals surface area contributed by atoms with Crippen LogP contribution in [0.25, 0.3) is 0 Å². The van der Waals surface area contributed by atoms with Gasteiger partial charge in [-0.3, -0.25) is 10.1 Å². The minimum atomic E-state index is -3.75. The number of nitro groups is 1. The predicted octanol–water partition coefficient (Wildman–Crippen LogP) is 0.789. The fourth-order valence-electron chi connectivity index (χ4n) is 1.51. The quantitative estimate of drug-likeness (QED) is 0.595. The third-order valence-corrected chi connectivity index (χ3v) is 4.38. The molecule has 7 nitrogen and oxygen atoms in total. The average Bonchev–Trinajstić information content (AvgIpc) is 2.35. The van der Waals surface area contributed by atoms with Crippen molar-refractivity contribution in [2.75, 3.05) is 13.6 Å². The molecule has 0 saturated heterocycles. The summed E-state index contributed by atoms with van der Waals surface area (Å²) in [5, 5.41) is 13.7. The molecular formula is C11H17N3O4S. The second kappa shape index (κ2) is 6.09. The van der Waals surface area contributed by atoms with Crippen molar-refractivity contribution >= 4 is 15.7 Å². The maximum absolute atomic E-state index is 12.1. The lowest BCUT2D eigenvalue weighted by Crippen LogP contribution is -2.37. The van der Waals surface area contributed by atoms with E-state index in [1.807, 2.05) is 6.92 Å². The van der Waals surface area contributed by atoms with Crippen LogP contribution < -0.4 is 10.0 Å². The van der Waals surface area contributed by atoms with Crippen LogP contribution in [0.1, 0.15) is 12.5 Å². The van der Waals surface area contributed by atoms with Crippen LogP contribution in [0.5, 0.6) is 0 Å². The first-order chi connectivity index (χ1) is 8.79. The molecule has 1 atom stereocenters. The minimum absolute atomic E-state index is 0.0335. The Hall–Kier alpha value is -1.51. The van der Waals surface area contributed by atoms with Crippen molar-refractivity contribution in [2.45, 2.75) is 24.8 Å². The first-order valence-corrected chi connectivity index (χ1v) is 7.19. The molecule has 0 bridgehead atoms. The molecular weight excluding hydrogens is 270 g/mol. The van der Waals surface area contributed by atoms with E-state index in [4.69, 9.17) is 0 Å². The van der Waals surface area contributed by atoms with E-state index in [2.05, 4.69) is 10.0 Å². The summed E-state index contributed by atoms with van der Waals surface area (Å²) >= 11 is 0. The number of benzene rings is 1. The lowest BCUT2D eigenvalue weighted by atomic mass is 10.2. The Morgan fingerprint density at radius 1 is 1.42 bits per heavy atom. The van der Waals surface area contributed by atoms with Gasteiger partial charge in [0.25, 0.3) is 5.69 Å². The molecule has 1 rings (SSSR count). The molecule has 0 amide bonds. The van der Waals surface area contributed by atoms with Gasteiger partial charge in [-0.2, -0.15) is 0 Å². The van der Waals surface area contributed by atoms with Gasteiger partial charge in [0.1, 0.15) is 0 Å². The highest BCUT2D eigenvalue weighted by Crippen LogP contribution is 2.24.